The fraction of sp³-hybridized carbons (Fsp3) is 0.917. The Morgan fingerprint density at radius 1 is 1.13 bits per heavy atom. The van der Waals surface area contributed by atoms with Crippen molar-refractivity contribution in [2.75, 3.05) is 19.6 Å². The first-order valence-electron chi connectivity index (χ1n) is 5.96. The van der Waals surface area contributed by atoms with Gasteiger partial charge in [0.2, 0.25) is 5.91 Å². The van der Waals surface area contributed by atoms with Crippen LogP contribution in [0, 0.1) is 17.8 Å². The Bertz CT molecular complexity index is 170. The molecule has 15 heavy (non-hydrogen) atoms. The second kappa shape index (κ2) is 7.69. The molecule has 0 saturated heterocycles. The molecule has 0 aliphatic heterocycles. The van der Waals surface area contributed by atoms with Crippen LogP contribution in [0.1, 0.15) is 34.6 Å². The number of carbonyl (C=O) groups is 1. The zero-order valence-electron chi connectivity index (χ0n) is 10.8. The van der Waals surface area contributed by atoms with Gasteiger partial charge in [0.25, 0.3) is 0 Å². The summed E-state index contributed by atoms with van der Waals surface area (Å²) in [6.45, 7) is 12.9. The van der Waals surface area contributed by atoms with E-state index in [2.05, 4.69) is 38.3 Å². The lowest BCUT2D eigenvalue weighted by Gasteiger charge is -2.25. The summed E-state index contributed by atoms with van der Waals surface area (Å²) in [5.41, 5.74) is 0. The Balaban J connectivity index is 3.76. The molecule has 0 saturated carbocycles. The quantitative estimate of drug-likeness (QED) is 0.676. The van der Waals surface area contributed by atoms with Crippen molar-refractivity contribution in [3.8, 4) is 0 Å². The van der Waals surface area contributed by atoms with E-state index >= 15 is 0 Å². The minimum absolute atomic E-state index is 0.0868. The largest absolute Gasteiger partial charge is 0.355 e. The van der Waals surface area contributed by atoms with Crippen LogP contribution in [0.25, 0.3) is 0 Å². The van der Waals surface area contributed by atoms with E-state index in [1.54, 1.807) is 0 Å². The fourth-order valence-electron chi connectivity index (χ4n) is 1.85. The van der Waals surface area contributed by atoms with Gasteiger partial charge in [-0.25, -0.2) is 0 Å². The second-order valence-corrected chi connectivity index (χ2v) is 4.74. The first-order chi connectivity index (χ1) is 6.99. The molecule has 0 spiro atoms. The molecule has 0 rings (SSSR count). The molecule has 2 N–H and O–H groups in total. The van der Waals surface area contributed by atoms with Crippen LogP contribution in [0.4, 0.5) is 0 Å². The molecule has 90 valence electrons. The van der Waals surface area contributed by atoms with Crippen molar-refractivity contribution in [1.29, 1.82) is 0 Å². The lowest BCUT2D eigenvalue weighted by molar-refractivity contribution is -0.120. The minimum atomic E-state index is 0.0868. The zero-order valence-corrected chi connectivity index (χ0v) is 10.8. The van der Waals surface area contributed by atoms with Gasteiger partial charge in [-0.1, -0.05) is 27.7 Å². The zero-order chi connectivity index (χ0) is 11.8. The average Bonchev–Trinajstić information content (AvgIpc) is 2.11. The van der Waals surface area contributed by atoms with Crippen molar-refractivity contribution in [1.82, 2.24) is 10.6 Å². The lowest BCUT2D eigenvalue weighted by atomic mass is 9.85. The van der Waals surface area contributed by atoms with E-state index in [1.807, 2.05) is 6.92 Å². The monoisotopic (exact) mass is 214 g/mol. The average molecular weight is 214 g/mol. The second-order valence-electron chi connectivity index (χ2n) is 4.74. The minimum Gasteiger partial charge on any atom is -0.355 e. The van der Waals surface area contributed by atoms with Gasteiger partial charge in [0.05, 0.1) is 6.54 Å². The molecule has 0 fully saturated rings. The Morgan fingerprint density at radius 2 is 1.67 bits per heavy atom. The summed E-state index contributed by atoms with van der Waals surface area (Å²) in [6.07, 6.45) is 0. The Labute approximate surface area is 94.0 Å². The van der Waals surface area contributed by atoms with E-state index in [-0.39, 0.29) is 5.91 Å². The summed E-state index contributed by atoms with van der Waals surface area (Å²) in [4.78, 5) is 11.2. The van der Waals surface area contributed by atoms with Crippen molar-refractivity contribution >= 4 is 5.91 Å². The number of nitrogens with one attached hydrogen (secondary N) is 2. The predicted molar refractivity (Wildman–Crippen MR) is 64.7 cm³/mol. The molecule has 0 bridgehead atoms. The molecule has 0 unspecified atom stereocenters. The van der Waals surface area contributed by atoms with Gasteiger partial charge in [-0.05, 0) is 31.2 Å². The Morgan fingerprint density at radius 3 is 2.07 bits per heavy atom. The number of amides is 1. The van der Waals surface area contributed by atoms with E-state index in [4.69, 9.17) is 0 Å². The Kier molecular flexibility index (Phi) is 7.39. The maximum atomic E-state index is 11.2. The predicted octanol–water partition coefficient (Wildman–Crippen LogP) is 1.64. The summed E-state index contributed by atoms with van der Waals surface area (Å²) in [5, 5.41) is 6.00. The van der Waals surface area contributed by atoms with Crippen LogP contribution in [0.2, 0.25) is 0 Å². The third kappa shape index (κ3) is 6.50. The first kappa shape index (κ1) is 14.4. The van der Waals surface area contributed by atoms with Crippen LogP contribution >= 0.6 is 0 Å². The SMILES string of the molecule is CCNC(=O)CNCC(C(C)C)C(C)C. The topological polar surface area (TPSA) is 41.1 Å². The highest BCUT2D eigenvalue weighted by Crippen LogP contribution is 2.19. The molecular formula is C12H26N2O. The molecule has 1 amide bonds. The van der Waals surface area contributed by atoms with Gasteiger partial charge in [0.1, 0.15) is 0 Å². The molecule has 0 radical (unpaired) electrons. The van der Waals surface area contributed by atoms with Crippen LogP contribution in [-0.2, 0) is 4.79 Å². The van der Waals surface area contributed by atoms with Crippen molar-refractivity contribution in [3.63, 3.8) is 0 Å². The number of hydrogen-bond donors (Lipinski definition) is 2. The summed E-state index contributed by atoms with van der Waals surface area (Å²) < 4.78 is 0. The number of likely N-dealkylation sites (N-methyl/N-ethyl adjacent to an activating group) is 1. The molecule has 0 aromatic heterocycles. The third-order valence-electron chi connectivity index (χ3n) is 2.75. The van der Waals surface area contributed by atoms with Crippen molar-refractivity contribution < 1.29 is 4.79 Å². The third-order valence-corrected chi connectivity index (χ3v) is 2.75. The summed E-state index contributed by atoms with van der Waals surface area (Å²) in [5.74, 6) is 2.04. The van der Waals surface area contributed by atoms with Crippen molar-refractivity contribution in [3.05, 3.63) is 0 Å². The van der Waals surface area contributed by atoms with Crippen molar-refractivity contribution in [2.45, 2.75) is 34.6 Å². The van der Waals surface area contributed by atoms with Crippen LogP contribution in [0.3, 0.4) is 0 Å². The van der Waals surface area contributed by atoms with Gasteiger partial charge in [0.15, 0.2) is 0 Å². The summed E-state index contributed by atoms with van der Waals surface area (Å²) in [7, 11) is 0. The highest BCUT2D eigenvalue weighted by Gasteiger charge is 2.16. The number of hydrogen-bond acceptors (Lipinski definition) is 2. The normalized spacial score (nSPS) is 11.5. The molecule has 0 aliphatic carbocycles. The van der Waals surface area contributed by atoms with Gasteiger partial charge >= 0.3 is 0 Å². The molecule has 0 aliphatic rings. The standard InChI is InChI=1S/C12H26N2O/c1-6-14-12(15)8-13-7-11(9(2)3)10(4)5/h9-11,13H,6-8H2,1-5H3,(H,14,15). The van der Waals surface area contributed by atoms with Crippen LogP contribution < -0.4 is 10.6 Å². The highest BCUT2D eigenvalue weighted by atomic mass is 16.1. The van der Waals surface area contributed by atoms with Gasteiger partial charge in [-0.3, -0.25) is 4.79 Å². The Hall–Kier alpha value is -0.570. The van der Waals surface area contributed by atoms with Crippen molar-refractivity contribution in [2.24, 2.45) is 17.8 Å². The van der Waals surface area contributed by atoms with E-state index < -0.39 is 0 Å². The van der Waals surface area contributed by atoms with Crippen LogP contribution in [0.15, 0.2) is 0 Å². The first-order valence-corrected chi connectivity index (χ1v) is 5.96. The molecule has 0 heterocycles. The van der Waals surface area contributed by atoms with Gasteiger partial charge < -0.3 is 10.6 Å². The van der Waals surface area contributed by atoms with E-state index in [9.17, 15) is 4.79 Å². The molecule has 3 nitrogen and oxygen atoms in total. The molecule has 0 aromatic carbocycles. The highest BCUT2D eigenvalue weighted by molar-refractivity contribution is 5.77. The molecule has 0 atom stereocenters. The van der Waals surface area contributed by atoms with E-state index in [0.717, 1.165) is 6.54 Å². The maximum absolute atomic E-state index is 11.2. The molecule has 0 aromatic rings. The summed E-state index contributed by atoms with van der Waals surface area (Å²) in [6, 6.07) is 0. The smallest absolute Gasteiger partial charge is 0.233 e. The maximum Gasteiger partial charge on any atom is 0.233 e. The van der Waals surface area contributed by atoms with Crippen LogP contribution in [-0.4, -0.2) is 25.5 Å². The number of carbonyl (C=O) groups excluding carboxylic acids is 1. The molecular weight excluding hydrogens is 188 g/mol. The van der Waals surface area contributed by atoms with Crippen LogP contribution in [0.5, 0.6) is 0 Å². The van der Waals surface area contributed by atoms with Gasteiger partial charge in [-0.2, -0.15) is 0 Å². The number of rotatable bonds is 7. The molecule has 3 heteroatoms. The van der Waals surface area contributed by atoms with Gasteiger partial charge in [-0.15, -0.1) is 0 Å². The lowest BCUT2D eigenvalue weighted by Crippen LogP contribution is -2.37. The van der Waals surface area contributed by atoms with Gasteiger partial charge in [0, 0.05) is 6.54 Å². The fourth-order valence-corrected chi connectivity index (χ4v) is 1.85. The van der Waals surface area contributed by atoms with E-state index in [0.29, 0.717) is 30.8 Å². The summed E-state index contributed by atoms with van der Waals surface area (Å²) >= 11 is 0. The van der Waals surface area contributed by atoms with E-state index in [1.165, 1.54) is 0 Å².